The number of anilines is 1. The monoisotopic (exact) mass is 300 g/mol. The number of carbonyl (C=O) groups is 1. The summed E-state index contributed by atoms with van der Waals surface area (Å²) in [4.78, 5) is 15.9. The maximum absolute atomic E-state index is 12.5. The van der Waals surface area contributed by atoms with E-state index in [0.717, 1.165) is 17.0 Å². The van der Waals surface area contributed by atoms with Crippen LogP contribution >= 0.6 is 11.3 Å². The highest BCUT2D eigenvalue weighted by Gasteiger charge is 2.30. The van der Waals surface area contributed by atoms with E-state index in [9.17, 15) is 18.0 Å². The maximum atomic E-state index is 12.5. The number of hydrogen-bond donors (Lipinski definition) is 1. The van der Waals surface area contributed by atoms with Gasteiger partial charge < -0.3 is 5.32 Å². The van der Waals surface area contributed by atoms with Crippen molar-refractivity contribution in [2.75, 3.05) is 5.32 Å². The Kier molecular flexibility index (Phi) is 3.80. The number of amides is 1. The van der Waals surface area contributed by atoms with Gasteiger partial charge in [-0.15, -0.1) is 0 Å². The first kappa shape index (κ1) is 14.5. The molecule has 1 aromatic carbocycles. The number of alkyl halides is 3. The third-order valence-electron chi connectivity index (χ3n) is 2.55. The van der Waals surface area contributed by atoms with Gasteiger partial charge in [-0.05, 0) is 24.6 Å². The number of benzene rings is 1. The van der Waals surface area contributed by atoms with Gasteiger partial charge in [-0.1, -0.05) is 23.5 Å². The summed E-state index contributed by atoms with van der Waals surface area (Å²) in [7, 11) is 0. The summed E-state index contributed by atoms with van der Waals surface area (Å²) >= 11 is 1.23. The average Bonchev–Trinajstić information content (AvgIpc) is 2.68. The van der Waals surface area contributed by atoms with Crippen LogP contribution < -0.4 is 5.32 Å². The van der Waals surface area contributed by atoms with Crippen LogP contribution in [0.3, 0.4) is 0 Å². The van der Waals surface area contributed by atoms with Gasteiger partial charge in [0.05, 0.1) is 16.1 Å². The summed E-state index contributed by atoms with van der Waals surface area (Å²) in [5.74, 6) is -0.238. The zero-order valence-corrected chi connectivity index (χ0v) is 11.5. The van der Waals surface area contributed by atoms with Crippen molar-refractivity contribution in [3.05, 3.63) is 35.5 Å². The van der Waals surface area contributed by atoms with E-state index < -0.39 is 11.7 Å². The molecule has 0 radical (unpaired) electrons. The van der Waals surface area contributed by atoms with Crippen LogP contribution in [0.5, 0.6) is 0 Å². The molecule has 0 aliphatic carbocycles. The Morgan fingerprint density at radius 1 is 1.25 bits per heavy atom. The van der Waals surface area contributed by atoms with Gasteiger partial charge in [0.2, 0.25) is 5.91 Å². The Morgan fingerprint density at radius 3 is 2.35 bits per heavy atom. The number of hydrogen-bond acceptors (Lipinski definition) is 3. The van der Waals surface area contributed by atoms with E-state index in [0.29, 0.717) is 16.4 Å². The highest BCUT2D eigenvalue weighted by Crippen LogP contribution is 2.35. The van der Waals surface area contributed by atoms with Crippen LogP contribution in [0.1, 0.15) is 18.2 Å². The van der Waals surface area contributed by atoms with Gasteiger partial charge in [0.25, 0.3) is 0 Å². The van der Waals surface area contributed by atoms with Gasteiger partial charge in [-0.3, -0.25) is 4.79 Å². The van der Waals surface area contributed by atoms with Gasteiger partial charge in [0.15, 0.2) is 5.13 Å². The first-order valence-corrected chi connectivity index (χ1v) is 6.51. The quantitative estimate of drug-likeness (QED) is 0.907. The highest BCUT2D eigenvalue weighted by molar-refractivity contribution is 7.19. The zero-order chi connectivity index (χ0) is 14.9. The standard InChI is InChI=1S/C13H11F3N2OS/c1-7-11(20-12(17-7)18-8(2)19)9-3-5-10(6-4-9)13(14,15)16/h3-6H,1-2H3,(H,17,18,19). The summed E-state index contributed by atoms with van der Waals surface area (Å²) in [6, 6.07) is 4.88. The molecule has 1 heterocycles. The number of nitrogens with one attached hydrogen (secondary N) is 1. The van der Waals surface area contributed by atoms with E-state index >= 15 is 0 Å². The van der Waals surface area contributed by atoms with Crippen molar-refractivity contribution < 1.29 is 18.0 Å². The molecule has 1 amide bonds. The molecule has 0 atom stereocenters. The molecular weight excluding hydrogens is 289 g/mol. The van der Waals surface area contributed by atoms with Gasteiger partial charge >= 0.3 is 6.18 Å². The Morgan fingerprint density at radius 2 is 1.85 bits per heavy atom. The fourth-order valence-corrected chi connectivity index (χ4v) is 2.70. The first-order chi connectivity index (χ1) is 9.27. The molecule has 3 nitrogen and oxygen atoms in total. The molecule has 0 aliphatic rings. The van der Waals surface area contributed by atoms with Crippen molar-refractivity contribution in [1.82, 2.24) is 4.98 Å². The molecule has 0 saturated carbocycles. The van der Waals surface area contributed by atoms with Gasteiger partial charge in [0, 0.05) is 6.92 Å². The first-order valence-electron chi connectivity index (χ1n) is 5.70. The second kappa shape index (κ2) is 5.24. The lowest BCUT2D eigenvalue weighted by Crippen LogP contribution is -2.04. The van der Waals surface area contributed by atoms with E-state index in [1.807, 2.05) is 0 Å². The van der Waals surface area contributed by atoms with Crippen LogP contribution in [0.25, 0.3) is 10.4 Å². The molecule has 0 spiro atoms. The minimum Gasteiger partial charge on any atom is -0.302 e. The number of carbonyl (C=O) groups excluding carboxylic acids is 1. The van der Waals surface area contributed by atoms with Gasteiger partial charge in [-0.25, -0.2) is 4.98 Å². The SMILES string of the molecule is CC(=O)Nc1nc(C)c(-c2ccc(C(F)(F)F)cc2)s1. The summed E-state index contributed by atoms with van der Waals surface area (Å²) < 4.78 is 37.5. The fourth-order valence-electron chi connectivity index (χ4n) is 1.68. The summed E-state index contributed by atoms with van der Waals surface area (Å²) in [5, 5.41) is 2.99. The Labute approximate surface area is 117 Å². The molecule has 2 aromatic rings. The second-order valence-corrected chi connectivity index (χ2v) is 5.19. The van der Waals surface area contributed by atoms with Crippen LogP contribution in [-0.2, 0) is 11.0 Å². The van der Waals surface area contributed by atoms with Crippen molar-refractivity contribution in [2.45, 2.75) is 20.0 Å². The average molecular weight is 300 g/mol. The topological polar surface area (TPSA) is 42.0 Å². The lowest BCUT2D eigenvalue weighted by atomic mass is 10.1. The number of aryl methyl sites for hydroxylation is 1. The highest BCUT2D eigenvalue weighted by atomic mass is 32.1. The Balaban J connectivity index is 2.32. The molecule has 106 valence electrons. The Bertz CT molecular complexity index is 632. The van der Waals surface area contributed by atoms with Crippen LogP contribution in [0.15, 0.2) is 24.3 Å². The number of halogens is 3. The molecule has 0 aliphatic heterocycles. The lowest BCUT2D eigenvalue weighted by molar-refractivity contribution is -0.137. The molecule has 1 aromatic heterocycles. The smallest absolute Gasteiger partial charge is 0.302 e. The van der Waals surface area contributed by atoms with Gasteiger partial charge in [0.1, 0.15) is 0 Å². The van der Waals surface area contributed by atoms with Crippen molar-refractivity contribution in [3.8, 4) is 10.4 Å². The van der Waals surface area contributed by atoms with E-state index in [-0.39, 0.29) is 5.91 Å². The molecule has 0 bridgehead atoms. The molecule has 1 N–H and O–H groups in total. The predicted molar refractivity (Wildman–Crippen MR) is 71.6 cm³/mol. The number of thiazole rings is 1. The largest absolute Gasteiger partial charge is 0.416 e. The van der Waals surface area contributed by atoms with Crippen LogP contribution in [0, 0.1) is 6.92 Å². The second-order valence-electron chi connectivity index (χ2n) is 4.19. The fraction of sp³-hybridized carbons (Fsp3) is 0.231. The Hall–Kier alpha value is -1.89. The summed E-state index contributed by atoms with van der Waals surface area (Å²) in [6.07, 6.45) is -4.34. The molecule has 0 saturated heterocycles. The molecule has 0 fully saturated rings. The third kappa shape index (κ3) is 3.16. The van der Waals surface area contributed by atoms with Crippen molar-refractivity contribution in [1.29, 1.82) is 0 Å². The van der Waals surface area contributed by atoms with Gasteiger partial charge in [-0.2, -0.15) is 13.2 Å². The summed E-state index contributed by atoms with van der Waals surface area (Å²) in [5.41, 5.74) is 0.619. The zero-order valence-electron chi connectivity index (χ0n) is 10.7. The number of nitrogens with zero attached hydrogens (tertiary/aromatic N) is 1. The molecular formula is C13H11F3N2OS. The van der Waals surface area contributed by atoms with Crippen LogP contribution in [-0.4, -0.2) is 10.9 Å². The maximum Gasteiger partial charge on any atom is 0.416 e. The van der Waals surface area contributed by atoms with Crippen molar-refractivity contribution >= 4 is 22.4 Å². The number of rotatable bonds is 2. The molecule has 20 heavy (non-hydrogen) atoms. The third-order valence-corrected chi connectivity index (χ3v) is 3.68. The van der Waals surface area contributed by atoms with Crippen molar-refractivity contribution in [2.24, 2.45) is 0 Å². The van der Waals surface area contributed by atoms with E-state index in [1.54, 1.807) is 6.92 Å². The lowest BCUT2D eigenvalue weighted by Gasteiger charge is -2.06. The molecule has 7 heteroatoms. The van der Waals surface area contributed by atoms with E-state index in [2.05, 4.69) is 10.3 Å². The van der Waals surface area contributed by atoms with Crippen LogP contribution in [0.2, 0.25) is 0 Å². The molecule has 2 rings (SSSR count). The van der Waals surface area contributed by atoms with E-state index in [4.69, 9.17) is 0 Å². The normalized spacial score (nSPS) is 11.4. The minimum absolute atomic E-state index is 0.238. The predicted octanol–water partition coefficient (Wildman–Crippen LogP) is 4.10. The number of aromatic nitrogens is 1. The molecule has 0 unspecified atom stereocenters. The van der Waals surface area contributed by atoms with Crippen molar-refractivity contribution in [3.63, 3.8) is 0 Å². The van der Waals surface area contributed by atoms with E-state index in [1.165, 1.54) is 30.4 Å². The minimum atomic E-state index is -4.34. The summed E-state index contributed by atoms with van der Waals surface area (Å²) in [6.45, 7) is 3.11. The van der Waals surface area contributed by atoms with Crippen LogP contribution in [0.4, 0.5) is 18.3 Å².